The lowest BCUT2D eigenvalue weighted by atomic mass is 9.92. The second-order valence-electron chi connectivity index (χ2n) is 5.83. The molecule has 0 radical (unpaired) electrons. The van der Waals surface area contributed by atoms with Gasteiger partial charge in [-0.25, -0.2) is 4.79 Å². The average Bonchev–Trinajstić information content (AvgIpc) is 2.50. The number of carbonyl (C=O) groups excluding carboxylic acids is 1. The maximum Gasteiger partial charge on any atom is 0.343 e. The lowest BCUT2D eigenvalue weighted by Gasteiger charge is -2.16. The van der Waals surface area contributed by atoms with Crippen molar-refractivity contribution in [1.82, 2.24) is 0 Å². The van der Waals surface area contributed by atoms with Crippen LogP contribution in [-0.4, -0.2) is 5.97 Å². The molecule has 0 unspecified atom stereocenters. The van der Waals surface area contributed by atoms with Crippen molar-refractivity contribution in [3.8, 4) is 5.75 Å². The molecule has 0 N–H and O–H groups in total. The van der Waals surface area contributed by atoms with Gasteiger partial charge in [-0.2, -0.15) is 0 Å². The van der Waals surface area contributed by atoms with Gasteiger partial charge in [-0.1, -0.05) is 12.1 Å². The summed E-state index contributed by atoms with van der Waals surface area (Å²) in [5, 5.41) is 0. The van der Waals surface area contributed by atoms with Crippen LogP contribution in [-0.2, 0) is 12.8 Å². The Hall–Kier alpha value is -2.09. The van der Waals surface area contributed by atoms with Crippen LogP contribution in [0.1, 0.15) is 45.5 Å². The lowest BCUT2D eigenvalue weighted by Crippen LogP contribution is -2.10. The first-order chi connectivity index (χ1) is 10.1. The van der Waals surface area contributed by atoms with E-state index >= 15 is 0 Å². The lowest BCUT2D eigenvalue weighted by molar-refractivity contribution is 0.0734. The summed E-state index contributed by atoms with van der Waals surface area (Å²) < 4.78 is 5.52. The minimum absolute atomic E-state index is 0.283. The van der Waals surface area contributed by atoms with Crippen LogP contribution in [0.25, 0.3) is 0 Å². The quantitative estimate of drug-likeness (QED) is 0.602. The molecule has 2 nitrogen and oxygen atoms in total. The summed E-state index contributed by atoms with van der Waals surface area (Å²) in [6.45, 7) is 4.04. The molecule has 1 aliphatic rings. The second kappa shape index (κ2) is 5.72. The predicted molar refractivity (Wildman–Crippen MR) is 84.0 cm³/mol. The van der Waals surface area contributed by atoms with E-state index in [0.717, 1.165) is 18.4 Å². The number of ether oxygens (including phenoxy) is 1. The summed E-state index contributed by atoms with van der Waals surface area (Å²) in [6.07, 6.45) is 4.71. The zero-order valence-electron chi connectivity index (χ0n) is 12.6. The van der Waals surface area contributed by atoms with E-state index in [0.29, 0.717) is 11.3 Å². The molecule has 0 atom stereocenters. The molecule has 0 bridgehead atoms. The molecule has 0 spiro atoms. The summed E-state index contributed by atoms with van der Waals surface area (Å²) in [7, 11) is 0. The molecule has 2 aromatic carbocycles. The smallest absolute Gasteiger partial charge is 0.343 e. The van der Waals surface area contributed by atoms with Crippen LogP contribution >= 0.6 is 0 Å². The first-order valence-electron chi connectivity index (χ1n) is 7.55. The van der Waals surface area contributed by atoms with Crippen molar-refractivity contribution in [2.24, 2.45) is 0 Å². The van der Waals surface area contributed by atoms with Crippen molar-refractivity contribution >= 4 is 5.97 Å². The van der Waals surface area contributed by atoms with Gasteiger partial charge in [-0.3, -0.25) is 0 Å². The largest absolute Gasteiger partial charge is 0.423 e. The highest BCUT2D eigenvalue weighted by Crippen LogP contribution is 2.26. The van der Waals surface area contributed by atoms with Gasteiger partial charge in [0, 0.05) is 0 Å². The molecule has 0 saturated carbocycles. The van der Waals surface area contributed by atoms with E-state index in [1.165, 1.54) is 29.5 Å². The third-order valence-electron chi connectivity index (χ3n) is 4.27. The van der Waals surface area contributed by atoms with Crippen LogP contribution in [0, 0.1) is 13.8 Å². The van der Waals surface area contributed by atoms with Crippen molar-refractivity contribution in [3.05, 3.63) is 64.2 Å². The van der Waals surface area contributed by atoms with Gasteiger partial charge >= 0.3 is 5.97 Å². The van der Waals surface area contributed by atoms with Crippen molar-refractivity contribution < 1.29 is 9.53 Å². The molecule has 2 aromatic rings. The molecule has 21 heavy (non-hydrogen) atoms. The average molecular weight is 280 g/mol. The molecule has 3 rings (SSSR count). The molecule has 1 aliphatic carbocycles. The summed E-state index contributed by atoms with van der Waals surface area (Å²) in [6, 6.07) is 11.7. The van der Waals surface area contributed by atoms with Crippen molar-refractivity contribution in [3.63, 3.8) is 0 Å². The number of esters is 1. The van der Waals surface area contributed by atoms with Gasteiger partial charge in [-0.05, 0) is 86.1 Å². The zero-order chi connectivity index (χ0) is 14.8. The van der Waals surface area contributed by atoms with Crippen LogP contribution in [0.15, 0.2) is 36.4 Å². The number of benzene rings is 2. The standard InChI is InChI=1S/C19H20O2/c1-13-7-8-17(11-14(13)2)19(20)21-18-10-9-15-5-3-4-6-16(15)12-18/h7-12H,3-6H2,1-2H3. The molecule has 0 heterocycles. The Bertz CT molecular complexity index is 686. The maximum absolute atomic E-state index is 12.2. The van der Waals surface area contributed by atoms with Crippen LogP contribution in [0.5, 0.6) is 5.75 Å². The highest BCUT2D eigenvalue weighted by molar-refractivity contribution is 5.91. The summed E-state index contributed by atoms with van der Waals surface area (Å²) in [5.41, 5.74) is 5.62. The van der Waals surface area contributed by atoms with E-state index in [1.807, 2.05) is 44.2 Å². The fraction of sp³-hybridized carbons (Fsp3) is 0.316. The maximum atomic E-state index is 12.2. The van der Waals surface area contributed by atoms with Gasteiger partial charge in [0.1, 0.15) is 5.75 Å². The number of carbonyl (C=O) groups is 1. The minimum atomic E-state index is -0.283. The van der Waals surface area contributed by atoms with Gasteiger partial charge in [-0.15, -0.1) is 0 Å². The molecule has 2 heteroatoms. The predicted octanol–water partition coefficient (Wildman–Crippen LogP) is 4.40. The monoisotopic (exact) mass is 280 g/mol. The Morgan fingerprint density at radius 2 is 1.67 bits per heavy atom. The molecular weight excluding hydrogens is 260 g/mol. The van der Waals surface area contributed by atoms with Gasteiger partial charge < -0.3 is 4.74 Å². The Morgan fingerprint density at radius 3 is 2.43 bits per heavy atom. The van der Waals surface area contributed by atoms with E-state index in [9.17, 15) is 4.79 Å². The van der Waals surface area contributed by atoms with Crippen molar-refractivity contribution in [1.29, 1.82) is 0 Å². The Balaban J connectivity index is 1.79. The summed E-state index contributed by atoms with van der Waals surface area (Å²) >= 11 is 0. The molecular formula is C19H20O2. The first-order valence-corrected chi connectivity index (χ1v) is 7.55. The highest BCUT2D eigenvalue weighted by atomic mass is 16.5. The molecule has 0 amide bonds. The Labute approximate surface area is 125 Å². The van der Waals surface area contributed by atoms with E-state index < -0.39 is 0 Å². The molecule has 108 valence electrons. The molecule has 0 saturated heterocycles. The van der Waals surface area contributed by atoms with E-state index in [1.54, 1.807) is 0 Å². The minimum Gasteiger partial charge on any atom is -0.423 e. The van der Waals surface area contributed by atoms with Crippen LogP contribution in [0.2, 0.25) is 0 Å². The fourth-order valence-electron chi connectivity index (χ4n) is 2.81. The third-order valence-corrected chi connectivity index (χ3v) is 4.27. The topological polar surface area (TPSA) is 26.3 Å². The van der Waals surface area contributed by atoms with E-state index in [2.05, 4.69) is 6.07 Å². The van der Waals surface area contributed by atoms with Gasteiger partial charge in [0.15, 0.2) is 0 Å². The number of fused-ring (bicyclic) bond motifs is 1. The van der Waals surface area contributed by atoms with Crippen molar-refractivity contribution in [2.75, 3.05) is 0 Å². The van der Waals surface area contributed by atoms with E-state index in [-0.39, 0.29) is 5.97 Å². The Kier molecular flexibility index (Phi) is 3.78. The normalized spacial score (nSPS) is 13.6. The van der Waals surface area contributed by atoms with Crippen LogP contribution in [0.4, 0.5) is 0 Å². The van der Waals surface area contributed by atoms with Crippen LogP contribution in [0.3, 0.4) is 0 Å². The zero-order valence-corrected chi connectivity index (χ0v) is 12.6. The highest BCUT2D eigenvalue weighted by Gasteiger charge is 2.13. The first kappa shape index (κ1) is 13.9. The summed E-state index contributed by atoms with van der Waals surface area (Å²) in [4.78, 5) is 12.2. The second-order valence-corrected chi connectivity index (χ2v) is 5.83. The SMILES string of the molecule is Cc1ccc(C(=O)Oc2ccc3c(c2)CCCC3)cc1C. The van der Waals surface area contributed by atoms with Gasteiger partial charge in [0.2, 0.25) is 0 Å². The van der Waals surface area contributed by atoms with Gasteiger partial charge in [0.25, 0.3) is 0 Å². The molecule has 0 aromatic heterocycles. The summed E-state index contributed by atoms with van der Waals surface area (Å²) in [5.74, 6) is 0.368. The number of hydrogen-bond acceptors (Lipinski definition) is 2. The number of rotatable bonds is 2. The van der Waals surface area contributed by atoms with Crippen molar-refractivity contribution in [2.45, 2.75) is 39.5 Å². The van der Waals surface area contributed by atoms with Crippen LogP contribution < -0.4 is 4.74 Å². The van der Waals surface area contributed by atoms with E-state index in [4.69, 9.17) is 4.74 Å². The Morgan fingerprint density at radius 1 is 0.905 bits per heavy atom. The number of aryl methyl sites for hydroxylation is 4. The third kappa shape index (κ3) is 2.99. The molecule has 0 aliphatic heterocycles. The molecule has 0 fully saturated rings. The van der Waals surface area contributed by atoms with Gasteiger partial charge in [0.05, 0.1) is 5.56 Å². The fourth-order valence-corrected chi connectivity index (χ4v) is 2.81. The number of hydrogen-bond donors (Lipinski definition) is 0.